The second-order valence-corrected chi connectivity index (χ2v) is 6.11. The Morgan fingerprint density at radius 1 is 1.31 bits per heavy atom. The van der Waals surface area contributed by atoms with E-state index >= 15 is 0 Å². The fourth-order valence-electron chi connectivity index (χ4n) is 2.75. The van der Waals surface area contributed by atoms with Crippen LogP contribution < -0.4 is 5.73 Å². The van der Waals surface area contributed by atoms with E-state index < -0.39 is 0 Å². The van der Waals surface area contributed by atoms with Gasteiger partial charge >= 0.3 is 0 Å². The lowest BCUT2D eigenvalue weighted by atomic mass is 9.99. The van der Waals surface area contributed by atoms with E-state index in [2.05, 4.69) is 29.0 Å². The van der Waals surface area contributed by atoms with Gasteiger partial charge in [-0.2, -0.15) is 11.8 Å². The molecule has 0 aromatic carbocycles. The summed E-state index contributed by atoms with van der Waals surface area (Å²) >= 11 is 2.07. The minimum Gasteiger partial charge on any atom is -0.327 e. The summed E-state index contributed by atoms with van der Waals surface area (Å²) in [5.74, 6) is 3.25. The average Bonchev–Trinajstić information content (AvgIpc) is 2.69. The maximum Gasteiger partial charge on any atom is 0.0445 e. The zero-order valence-electron chi connectivity index (χ0n) is 9.48. The number of pyridine rings is 1. The Balaban J connectivity index is 1.84. The fourth-order valence-corrected chi connectivity index (χ4v) is 3.91. The monoisotopic (exact) mass is 234 g/mol. The van der Waals surface area contributed by atoms with E-state index in [1.54, 1.807) is 0 Å². The Morgan fingerprint density at radius 2 is 2.19 bits per heavy atom. The van der Waals surface area contributed by atoms with E-state index in [0.717, 1.165) is 12.8 Å². The highest BCUT2D eigenvalue weighted by molar-refractivity contribution is 7.99. The predicted octanol–water partition coefficient (Wildman–Crippen LogP) is 2.12. The van der Waals surface area contributed by atoms with E-state index in [-0.39, 0.29) is 0 Å². The molecule has 1 aromatic rings. The number of nitrogens with two attached hydrogens (primary N) is 1. The van der Waals surface area contributed by atoms with Crippen molar-refractivity contribution in [3.63, 3.8) is 0 Å². The largest absolute Gasteiger partial charge is 0.327 e. The average molecular weight is 234 g/mol. The van der Waals surface area contributed by atoms with E-state index in [1.807, 2.05) is 0 Å². The van der Waals surface area contributed by atoms with Gasteiger partial charge in [-0.05, 0) is 48.6 Å². The van der Waals surface area contributed by atoms with E-state index in [9.17, 15) is 0 Å². The highest BCUT2D eigenvalue weighted by atomic mass is 32.2. The molecule has 1 saturated heterocycles. The molecule has 1 aliphatic carbocycles. The molecule has 2 nitrogen and oxygen atoms in total. The van der Waals surface area contributed by atoms with Crippen LogP contribution in [0.15, 0.2) is 12.3 Å². The van der Waals surface area contributed by atoms with Crippen molar-refractivity contribution in [3.8, 4) is 0 Å². The third-order valence-corrected chi connectivity index (χ3v) is 4.86. The lowest BCUT2D eigenvalue weighted by molar-refractivity contribution is 0.642. The van der Waals surface area contributed by atoms with Gasteiger partial charge in [-0.15, -0.1) is 0 Å². The normalized spacial score (nSPS) is 29.1. The molecule has 3 heteroatoms. The summed E-state index contributed by atoms with van der Waals surface area (Å²) in [7, 11) is 0. The molecule has 2 unspecified atom stereocenters. The summed E-state index contributed by atoms with van der Waals surface area (Å²) in [6.45, 7) is 0. The predicted molar refractivity (Wildman–Crippen MR) is 68.9 cm³/mol. The van der Waals surface area contributed by atoms with Crippen molar-refractivity contribution >= 4 is 11.8 Å². The van der Waals surface area contributed by atoms with Crippen molar-refractivity contribution < 1.29 is 0 Å². The summed E-state index contributed by atoms with van der Waals surface area (Å²) in [4.78, 5) is 4.64. The molecule has 1 fully saturated rings. The summed E-state index contributed by atoms with van der Waals surface area (Å²) in [5.41, 5.74) is 10.1. The van der Waals surface area contributed by atoms with Crippen molar-refractivity contribution in [2.24, 2.45) is 5.73 Å². The molecule has 2 atom stereocenters. The molecule has 3 rings (SSSR count). The Bertz CT molecular complexity index is 386. The fraction of sp³-hybridized carbons (Fsp3) is 0.615. The van der Waals surface area contributed by atoms with Crippen LogP contribution in [0.5, 0.6) is 0 Å². The van der Waals surface area contributed by atoms with Gasteiger partial charge in [0.2, 0.25) is 0 Å². The Kier molecular flexibility index (Phi) is 2.90. The van der Waals surface area contributed by atoms with Gasteiger partial charge in [0.05, 0.1) is 0 Å². The summed E-state index contributed by atoms with van der Waals surface area (Å²) < 4.78 is 0. The number of fused-ring (bicyclic) bond motifs is 1. The quantitative estimate of drug-likeness (QED) is 0.809. The third-order valence-electron chi connectivity index (χ3n) is 3.65. The van der Waals surface area contributed by atoms with Gasteiger partial charge in [0.1, 0.15) is 0 Å². The number of aromatic nitrogens is 1. The van der Waals surface area contributed by atoms with Gasteiger partial charge in [-0.1, -0.05) is 0 Å². The van der Waals surface area contributed by atoms with Crippen molar-refractivity contribution in [1.29, 1.82) is 0 Å². The summed E-state index contributed by atoms with van der Waals surface area (Å²) in [6, 6.07) is 2.64. The van der Waals surface area contributed by atoms with Crippen LogP contribution in [0.1, 0.15) is 35.6 Å². The number of hydrogen-bond acceptors (Lipinski definition) is 3. The van der Waals surface area contributed by atoms with Gasteiger partial charge in [0, 0.05) is 29.6 Å². The molecule has 0 amide bonds. The van der Waals surface area contributed by atoms with Crippen LogP contribution in [0.2, 0.25) is 0 Å². The molecule has 16 heavy (non-hydrogen) atoms. The maximum atomic E-state index is 5.98. The second-order valence-electron chi connectivity index (χ2n) is 4.96. The van der Waals surface area contributed by atoms with Gasteiger partial charge in [-0.25, -0.2) is 0 Å². The van der Waals surface area contributed by atoms with Crippen LogP contribution in [-0.2, 0) is 12.8 Å². The molecule has 0 bridgehead atoms. The minimum absolute atomic E-state index is 0.327. The van der Waals surface area contributed by atoms with E-state index in [4.69, 9.17) is 5.73 Å². The van der Waals surface area contributed by atoms with Crippen LogP contribution in [0, 0.1) is 0 Å². The molecule has 86 valence electrons. The molecule has 0 radical (unpaired) electrons. The van der Waals surface area contributed by atoms with Crippen LogP contribution in [-0.4, -0.2) is 22.5 Å². The van der Waals surface area contributed by atoms with Crippen molar-refractivity contribution in [2.45, 2.75) is 37.6 Å². The van der Waals surface area contributed by atoms with Crippen molar-refractivity contribution in [3.05, 3.63) is 29.1 Å². The van der Waals surface area contributed by atoms with Crippen LogP contribution in [0.25, 0.3) is 0 Å². The Hall–Kier alpha value is -0.540. The van der Waals surface area contributed by atoms with E-state index in [0.29, 0.717) is 12.0 Å². The SMILES string of the molecule is NC1Cc2cnc(C3CCCSC3)cc2C1. The van der Waals surface area contributed by atoms with Gasteiger partial charge in [0.15, 0.2) is 0 Å². The zero-order valence-corrected chi connectivity index (χ0v) is 10.3. The van der Waals surface area contributed by atoms with Gasteiger partial charge in [0.25, 0.3) is 0 Å². The minimum atomic E-state index is 0.327. The van der Waals surface area contributed by atoms with E-state index in [1.165, 1.54) is 41.2 Å². The lowest BCUT2D eigenvalue weighted by Crippen LogP contribution is -2.19. The van der Waals surface area contributed by atoms with Crippen LogP contribution in [0.3, 0.4) is 0 Å². The maximum absolute atomic E-state index is 5.98. The summed E-state index contributed by atoms with van der Waals surface area (Å²) in [5, 5.41) is 0. The van der Waals surface area contributed by atoms with Crippen molar-refractivity contribution in [1.82, 2.24) is 4.98 Å². The highest BCUT2D eigenvalue weighted by Crippen LogP contribution is 2.32. The zero-order chi connectivity index (χ0) is 11.0. The molecule has 1 aromatic heterocycles. The molecular formula is C13H18N2S. The second kappa shape index (κ2) is 4.38. The van der Waals surface area contributed by atoms with Gasteiger partial charge in [-0.3, -0.25) is 4.98 Å². The molecule has 1 aliphatic heterocycles. The van der Waals surface area contributed by atoms with Crippen molar-refractivity contribution in [2.75, 3.05) is 11.5 Å². The number of hydrogen-bond donors (Lipinski definition) is 1. The first kappa shape index (κ1) is 10.6. The molecular weight excluding hydrogens is 216 g/mol. The van der Waals surface area contributed by atoms with Crippen LogP contribution >= 0.6 is 11.8 Å². The molecule has 2 heterocycles. The Morgan fingerprint density at radius 3 is 3.00 bits per heavy atom. The first-order valence-electron chi connectivity index (χ1n) is 6.14. The molecule has 2 N–H and O–H groups in total. The third kappa shape index (κ3) is 1.98. The summed E-state index contributed by atoms with van der Waals surface area (Å²) in [6.07, 6.45) is 6.78. The number of rotatable bonds is 1. The van der Waals surface area contributed by atoms with Crippen LogP contribution in [0.4, 0.5) is 0 Å². The first-order chi connectivity index (χ1) is 7.83. The molecule has 2 aliphatic rings. The number of nitrogens with zero attached hydrogens (tertiary/aromatic N) is 1. The number of thioether (sulfide) groups is 1. The lowest BCUT2D eigenvalue weighted by Gasteiger charge is -2.21. The first-order valence-corrected chi connectivity index (χ1v) is 7.29. The van der Waals surface area contributed by atoms with Gasteiger partial charge < -0.3 is 5.73 Å². The smallest absolute Gasteiger partial charge is 0.0445 e. The highest BCUT2D eigenvalue weighted by Gasteiger charge is 2.22. The Labute approximate surface area is 101 Å². The molecule has 0 saturated carbocycles. The standard InChI is InChI=1S/C13H18N2S/c14-12-4-10-6-13(15-7-11(10)5-12)9-2-1-3-16-8-9/h6-7,9,12H,1-5,8,14H2. The molecule has 0 spiro atoms. The topological polar surface area (TPSA) is 38.9 Å².